The van der Waals surface area contributed by atoms with E-state index in [0.717, 1.165) is 0 Å². The lowest BCUT2D eigenvalue weighted by Crippen LogP contribution is -2.54. The number of halogens is 3. The molecule has 1 atom stereocenters. The second-order valence-corrected chi connectivity index (χ2v) is 9.71. The Morgan fingerprint density at radius 1 is 1.00 bits per heavy atom. The third-order valence-electron chi connectivity index (χ3n) is 3.41. The van der Waals surface area contributed by atoms with E-state index in [0.29, 0.717) is 0 Å². The number of carbonyl (C=O) groups is 3. The Morgan fingerprint density at radius 3 is 2.04 bits per heavy atom. The summed E-state index contributed by atoms with van der Waals surface area (Å²) in [6.45, 7) is 9.20. The Kier molecular flexibility index (Phi) is 7.96. The standard InChI is InChI=1S/C18H24Cl3N3O3/c1-10(2)13(15(26)24-17(3,4)5)23-14(25)11-8-6-7-9-12(11)22-16(27)18(19,20)21/h6-10,13H,1-5H3,(H,22,27)(H,23,25)(H,24,26)/t13-/m0/s1. The molecule has 1 rings (SSSR count). The number of anilines is 1. The van der Waals surface area contributed by atoms with Gasteiger partial charge in [0.15, 0.2) is 0 Å². The van der Waals surface area contributed by atoms with Crippen LogP contribution in [0.3, 0.4) is 0 Å². The maximum absolute atomic E-state index is 12.7. The van der Waals surface area contributed by atoms with Gasteiger partial charge in [0.2, 0.25) is 5.91 Å². The van der Waals surface area contributed by atoms with Gasteiger partial charge in [0, 0.05) is 5.54 Å². The lowest BCUT2D eigenvalue weighted by molar-refractivity contribution is -0.125. The molecule has 0 saturated heterocycles. The van der Waals surface area contributed by atoms with Crippen molar-refractivity contribution in [1.82, 2.24) is 10.6 Å². The van der Waals surface area contributed by atoms with Gasteiger partial charge < -0.3 is 16.0 Å². The average molecular weight is 437 g/mol. The molecule has 1 aromatic carbocycles. The van der Waals surface area contributed by atoms with E-state index in [-0.39, 0.29) is 23.1 Å². The summed E-state index contributed by atoms with van der Waals surface area (Å²) >= 11 is 16.7. The Labute approximate surface area is 174 Å². The molecule has 3 N–H and O–H groups in total. The number of hydrogen-bond donors (Lipinski definition) is 3. The van der Waals surface area contributed by atoms with E-state index in [4.69, 9.17) is 34.8 Å². The third-order valence-corrected chi connectivity index (χ3v) is 3.93. The number of amides is 3. The molecule has 0 unspecified atom stereocenters. The number of rotatable bonds is 5. The molecule has 0 radical (unpaired) electrons. The van der Waals surface area contributed by atoms with Crippen molar-refractivity contribution in [3.8, 4) is 0 Å². The fourth-order valence-corrected chi connectivity index (χ4v) is 2.33. The Balaban J connectivity index is 3.04. The van der Waals surface area contributed by atoms with Gasteiger partial charge >= 0.3 is 0 Å². The van der Waals surface area contributed by atoms with Gasteiger partial charge in [-0.3, -0.25) is 14.4 Å². The molecule has 0 aliphatic rings. The molecular weight excluding hydrogens is 413 g/mol. The molecular formula is C18H24Cl3N3O3. The summed E-state index contributed by atoms with van der Waals surface area (Å²) in [5, 5.41) is 7.96. The molecule has 0 aliphatic heterocycles. The predicted molar refractivity (Wildman–Crippen MR) is 109 cm³/mol. The van der Waals surface area contributed by atoms with Crippen molar-refractivity contribution in [1.29, 1.82) is 0 Å². The predicted octanol–water partition coefficient (Wildman–Crippen LogP) is 3.66. The van der Waals surface area contributed by atoms with Gasteiger partial charge in [0.1, 0.15) is 6.04 Å². The zero-order chi connectivity index (χ0) is 21.0. The van der Waals surface area contributed by atoms with Crippen molar-refractivity contribution in [2.45, 2.75) is 50.0 Å². The van der Waals surface area contributed by atoms with Crippen LogP contribution in [-0.2, 0) is 9.59 Å². The van der Waals surface area contributed by atoms with Gasteiger partial charge in [0.05, 0.1) is 11.3 Å². The summed E-state index contributed by atoms with van der Waals surface area (Å²) in [6.07, 6.45) is 0. The number of nitrogens with one attached hydrogen (secondary N) is 3. The van der Waals surface area contributed by atoms with Crippen LogP contribution in [0, 0.1) is 5.92 Å². The SMILES string of the molecule is CC(C)[C@H](NC(=O)c1ccccc1NC(=O)C(Cl)(Cl)Cl)C(=O)NC(C)(C)C. The maximum Gasteiger partial charge on any atom is 0.276 e. The number of benzene rings is 1. The smallest absolute Gasteiger partial charge is 0.276 e. The molecule has 0 aliphatic carbocycles. The first-order valence-electron chi connectivity index (χ1n) is 8.32. The van der Waals surface area contributed by atoms with Gasteiger partial charge in [0.25, 0.3) is 15.6 Å². The molecule has 0 spiro atoms. The number of hydrogen-bond acceptors (Lipinski definition) is 3. The average Bonchev–Trinajstić information content (AvgIpc) is 2.49. The van der Waals surface area contributed by atoms with Crippen molar-refractivity contribution in [3.05, 3.63) is 29.8 Å². The van der Waals surface area contributed by atoms with Gasteiger partial charge in [-0.2, -0.15) is 0 Å². The molecule has 9 heteroatoms. The number of para-hydroxylation sites is 1. The summed E-state index contributed by atoms with van der Waals surface area (Å²) in [5.41, 5.74) is -0.120. The van der Waals surface area contributed by atoms with Crippen LogP contribution in [0.4, 0.5) is 5.69 Å². The molecule has 150 valence electrons. The summed E-state index contributed by atoms with van der Waals surface area (Å²) in [5.74, 6) is -1.87. The molecule has 0 saturated carbocycles. The minimum atomic E-state index is -2.17. The maximum atomic E-state index is 12.7. The lowest BCUT2D eigenvalue weighted by Gasteiger charge is -2.27. The number of carbonyl (C=O) groups excluding carboxylic acids is 3. The fraction of sp³-hybridized carbons (Fsp3) is 0.500. The highest BCUT2D eigenvalue weighted by molar-refractivity contribution is 6.76. The van der Waals surface area contributed by atoms with E-state index in [1.807, 2.05) is 34.6 Å². The fourth-order valence-electron chi connectivity index (χ4n) is 2.18. The second-order valence-electron chi connectivity index (χ2n) is 7.43. The Bertz CT molecular complexity index is 710. The molecule has 0 fully saturated rings. The zero-order valence-electron chi connectivity index (χ0n) is 15.8. The topological polar surface area (TPSA) is 87.3 Å². The van der Waals surface area contributed by atoms with Crippen LogP contribution in [0.5, 0.6) is 0 Å². The highest BCUT2D eigenvalue weighted by Gasteiger charge is 2.32. The van der Waals surface area contributed by atoms with Crippen LogP contribution in [-0.4, -0.2) is 33.1 Å². The first kappa shape index (κ1) is 23.5. The van der Waals surface area contributed by atoms with Gasteiger partial charge in [-0.05, 0) is 38.8 Å². The largest absolute Gasteiger partial charge is 0.350 e. The van der Waals surface area contributed by atoms with Crippen molar-refractivity contribution < 1.29 is 14.4 Å². The van der Waals surface area contributed by atoms with E-state index >= 15 is 0 Å². The third kappa shape index (κ3) is 7.56. The molecule has 1 aromatic rings. The van der Waals surface area contributed by atoms with Crippen LogP contribution in [0.1, 0.15) is 45.0 Å². The highest BCUT2D eigenvalue weighted by Crippen LogP contribution is 2.28. The van der Waals surface area contributed by atoms with Crippen LogP contribution in [0.25, 0.3) is 0 Å². The van der Waals surface area contributed by atoms with Crippen molar-refractivity contribution in [3.63, 3.8) is 0 Å². The molecule has 0 aromatic heterocycles. The van der Waals surface area contributed by atoms with Gasteiger partial charge in [-0.25, -0.2) is 0 Å². The number of alkyl halides is 3. The molecule has 3 amide bonds. The van der Waals surface area contributed by atoms with E-state index in [1.54, 1.807) is 12.1 Å². The zero-order valence-corrected chi connectivity index (χ0v) is 18.1. The van der Waals surface area contributed by atoms with Crippen molar-refractivity contribution >= 4 is 58.2 Å². The van der Waals surface area contributed by atoms with E-state index < -0.39 is 27.2 Å². The van der Waals surface area contributed by atoms with Crippen molar-refractivity contribution in [2.75, 3.05) is 5.32 Å². The first-order valence-corrected chi connectivity index (χ1v) is 9.46. The van der Waals surface area contributed by atoms with Crippen molar-refractivity contribution in [2.24, 2.45) is 5.92 Å². The minimum absolute atomic E-state index is 0.148. The van der Waals surface area contributed by atoms with E-state index in [9.17, 15) is 14.4 Å². The Hall–Kier alpha value is -1.50. The van der Waals surface area contributed by atoms with Crippen LogP contribution < -0.4 is 16.0 Å². The second kappa shape index (κ2) is 9.13. The highest BCUT2D eigenvalue weighted by atomic mass is 35.6. The summed E-state index contributed by atoms with van der Waals surface area (Å²) in [7, 11) is 0. The van der Waals surface area contributed by atoms with E-state index in [2.05, 4.69) is 16.0 Å². The van der Waals surface area contributed by atoms with Crippen LogP contribution >= 0.6 is 34.8 Å². The minimum Gasteiger partial charge on any atom is -0.350 e. The normalized spacial score (nSPS) is 13.1. The van der Waals surface area contributed by atoms with Gasteiger partial charge in [-0.15, -0.1) is 0 Å². The van der Waals surface area contributed by atoms with Crippen LogP contribution in [0.15, 0.2) is 24.3 Å². The lowest BCUT2D eigenvalue weighted by atomic mass is 10.0. The molecule has 0 heterocycles. The summed E-state index contributed by atoms with van der Waals surface area (Å²) < 4.78 is -2.17. The van der Waals surface area contributed by atoms with E-state index in [1.165, 1.54) is 12.1 Å². The Morgan fingerprint density at radius 2 is 1.56 bits per heavy atom. The summed E-state index contributed by atoms with van der Waals surface area (Å²) in [4.78, 5) is 37.2. The monoisotopic (exact) mass is 435 g/mol. The molecule has 6 nitrogen and oxygen atoms in total. The molecule has 27 heavy (non-hydrogen) atoms. The first-order chi connectivity index (χ1) is 12.2. The molecule has 0 bridgehead atoms. The quantitative estimate of drug-likeness (QED) is 0.616. The van der Waals surface area contributed by atoms with Gasteiger partial charge in [-0.1, -0.05) is 60.8 Å². The van der Waals surface area contributed by atoms with Crippen LogP contribution in [0.2, 0.25) is 0 Å². The summed E-state index contributed by atoms with van der Waals surface area (Å²) in [6, 6.07) is 5.50.